The first-order valence-electron chi connectivity index (χ1n) is 8.99. The third-order valence-electron chi connectivity index (χ3n) is 3.48. The molecule has 0 aliphatic carbocycles. The standard InChI is InChI=1S/C12H11Si.C6H16P2.C5H5.Mn.H/c1-3-7-11(8-4-1)13-12-9-5-2-6-10-12;1-7(2)5-6-8(3)4;1-2-4-5-3-1;;/h1-10,13H;5-6H2,1-4H3;1-5H;;/q;;-1;+1;. The number of hydrogen-bond acceptors (Lipinski definition) is 0. The van der Waals surface area contributed by atoms with Crippen LogP contribution in [0.3, 0.4) is 0 Å². The molecule has 0 heterocycles. The first kappa shape index (κ1) is 26.4. The second-order valence-electron chi connectivity index (χ2n) is 6.53. The van der Waals surface area contributed by atoms with Crippen LogP contribution in [0.4, 0.5) is 0 Å². The zero-order valence-electron chi connectivity index (χ0n) is 17.0. The maximum Gasteiger partial charge on any atom is 0.103 e. The Morgan fingerprint density at radius 1 is 0.630 bits per heavy atom. The fraction of sp³-hybridized carbons (Fsp3) is 0.261. The minimum absolute atomic E-state index is 0. The molecule has 0 bridgehead atoms. The van der Waals surface area contributed by atoms with Crippen LogP contribution in [0.15, 0.2) is 91.0 Å². The molecule has 3 aromatic rings. The van der Waals surface area contributed by atoms with E-state index >= 15 is 0 Å². The quantitative estimate of drug-likeness (QED) is 0.298. The van der Waals surface area contributed by atoms with Gasteiger partial charge >= 0.3 is 17.1 Å². The molecule has 4 heteroatoms. The van der Waals surface area contributed by atoms with E-state index in [0.717, 1.165) is 0 Å². The van der Waals surface area contributed by atoms with E-state index in [1.165, 1.54) is 22.7 Å². The fourth-order valence-electron chi connectivity index (χ4n) is 2.01. The van der Waals surface area contributed by atoms with Gasteiger partial charge < -0.3 is 0 Å². The Hall–Kier alpha value is -0.614. The molecule has 0 atom stereocenters. The van der Waals surface area contributed by atoms with Gasteiger partial charge in [-0.25, -0.2) is 12.1 Å². The second kappa shape index (κ2) is 17.5. The van der Waals surface area contributed by atoms with Gasteiger partial charge in [-0.1, -0.05) is 71.0 Å². The van der Waals surface area contributed by atoms with E-state index in [-0.39, 0.29) is 26.6 Å². The van der Waals surface area contributed by atoms with Gasteiger partial charge in [0.15, 0.2) is 0 Å². The minimum atomic E-state index is 0. The molecule has 0 unspecified atom stereocenters. The maximum atomic E-state index is 2.36. The summed E-state index contributed by atoms with van der Waals surface area (Å²) in [6, 6.07) is 31.3. The molecule has 0 saturated heterocycles. The number of hydrogen-bond donors (Lipinski definition) is 0. The Morgan fingerprint density at radius 3 is 1.26 bits per heavy atom. The van der Waals surface area contributed by atoms with E-state index in [9.17, 15) is 0 Å². The van der Waals surface area contributed by atoms with E-state index in [4.69, 9.17) is 0 Å². The van der Waals surface area contributed by atoms with Crippen molar-refractivity contribution in [1.82, 2.24) is 0 Å². The molecule has 3 rings (SSSR count). The normalized spacial score (nSPS) is 9.56. The van der Waals surface area contributed by atoms with Crippen molar-refractivity contribution < 1.29 is 17.1 Å². The Balaban J connectivity index is 0.000000415. The molecule has 0 saturated carbocycles. The monoisotopic (exact) mass is 454 g/mol. The zero-order valence-corrected chi connectivity index (χ0v) is 21.2. The summed E-state index contributed by atoms with van der Waals surface area (Å²) in [4.78, 5) is 0. The Bertz CT molecular complexity index is 578. The van der Waals surface area contributed by atoms with E-state index in [0.29, 0.717) is 15.8 Å². The first-order valence-corrected chi connectivity index (χ1v) is 15.0. The summed E-state index contributed by atoms with van der Waals surface area (Å²) in [5, 5.41) is 2.90. The number of rotatable bonds is 5. The maximum absolute atomic E-state index is 2.36. The van der Waals surface area contributed by atoms with Crippen molar-refractivity contribution in [2.24, 2.45) is 0 Å². The summed E-state index contributed by atoms with van der Waals surface area (Å²) < 4.78 is 0. The van der Waals surface area contributed by atoms with Crippen LogP contribution in [0, 0.1) is 0 Å². The Morgan fingerprint density at radius 2 is 1.00 bits per heavy atom. The van der Waals surface area contributed by atoms with Gasteiger partial charge in [-0.2, -0.15) is 18.2 Å². The third-order valence-corrected chi connectivity index (χ3v) is 7.51. The van der Waals surface area contributed by atoms with Gasteiger partial charge in [0.2, 0.25) is 0 Å². The zero-order chi connectivity index (χ0) is 19.0. The van der Waals surface area contributed by atoms with E-state index in [1.54, 1.807) is 0 Å². The van der Waals surface area contributed by atoms with Gasteiger partial charge in [-0.05, 0) is 39.0 Å². The molecule has 3 aromatic carbocycles. The summed E-state index contributed by atoms with van der Waals surface area (Å²) >= 11 is 0. The van der Waals surface area contributed by atoms with Crippen molar-refractivity contribution in [2.45, 2.75) is 0 Å². The van der Waals surface area contributed by atoms with Crippen LogP contribution in [-0.2, 0) is 17.1 Å². The Kier molecular flexibility index (Phi) is 17.1. The van der Waals surface area contributed by atoms with Gasteiger partial charge in [0, 0.05) is 0 Å². The van der Waals surface area contributed by atoms with Gasteiger partial charge in [-0.3, -0.25) is 0 Å². The summed E-state index contributed by atoms with van der Waals surface area (Å²) in [6.45, 7) is 9.42. The molecule has 0 aliphatic heterocycles. The molecule has 0 fully saturated rings. The van der Waals surface area contributed by atoms with Crippen LogP contribution in [0.1, 0.15) is 0 Å². The first-order chi connectivity index (χ1) is 12.6. The van der Waals surface area contributed by atoms with Crippen LogP contribution < -0.4 is 10.4 Å². The molecule has 0 N–H and O–H groups in total. The predicted molar refractivity (Wildman–Crippen MR) is 130 cm³/mol. The van der Waals surface area contributed by atoms with E-state index in [2.05, 4.69) is 87.3 Å². The van der Waals surface area contributed by atoms with Crippen LogP contribution in [0.5, 0.6) is 0 Å². The summed E-state index contributed by atoms with van der Waals surface area (Å²) in [5.41, 5.74) is 0. The average molecular weight is 454 g/mol. The summed E-state index contributed by atoms with van der Waals surface area (Å²) in [6.07, 6.45) is 2.96. The van der Waals surface area contributed by atoms with Gasteiger partial charge in [0.25, 0.3) is 0 Å². The van der Waals surface area contributed by atoms with Crippen molar-refractivity contribution in [3.8, 4) is 0 Å². The molecule has 27 heavy (non-hydrogen) atoms. The van der Waals surface area contributed by atoms with E-state index in [1.807, 2.05) is 30.3 Å². The van der Waals surface area contributed by atoms with Crippen molar-refractivity contribution in [3.05, 3.63) is 91.0 Å². The largest absolute Gasteiger partial charge is 0.214 e. The van der Waals surface area contributed by atoms with Crippen LogP contribution >= 0.6 is 15.8 Å². The van der Waals surface area contributed by atoms with Crippen LogP contribution in [0.2, 0.25) is 0 Å². The molecule has 0 nitrogen and oxygen atoms in total. The van der Waals surface area contributed by atoms with Crippen molar-refractivity contribution in [3.63, 3.8) is 0 Å². The number of benzene rings is 2. The smallest absolute Gasteiger partial charge is 0.103 e. The average Bonchev–Trinajstić information content (AvgIpc) is 3.22. The molecule has 146 valence electrons. The molecule has 0 aliphatic rings. The van der Waals surface area contributed by atoms with Gasteiger partial charge in [-0.15, -0.1) is 15.8 Å². The summed E-state index contributed by atoms with van der Waals surface area (Å²) in [7, 11) is 1.04. The van der Waals surface area contributed by atoms with Crippen molar-refractivity contribution in [2.75, 3.05) is 39.0 Å². The topological polar surface area (TPSA) is 0 Å². The fourth-order valence-corrected chi connectivity index (χ4v) is 6.43. The van der Waals surface area contributed by atoms with Gasteiger partial charge in [0.05, 0.1) is 0 Å². The molecular weight excluding hydrogens is 421 g/mol. The molecule has 0 aromatic heterocycles. The second-order valence-corrected chi connectivity index (χ2v) is 13.4. The van der Waals surface area contributed by atoms with Crippen molar-refractivity contribution >= 4 is 35.7 Å². The van der Waals surface area contributed by atoms with Gasteiger partial charge in [0.1, 0.15) is 9.52 Å². The minimum Gasteiger partial charge on any atom is -0.214 e. The van der Waals surface area contributed by atoms with Crippen LogP contribution in [-0.4, -0.2) is 48.5 Å². The van der Waals surface area contributed by atoms with E-state index < -0.39 is 0 Å². The van der Waals surface area contributed by atoms with Crippen molar-refractivity contribution in [1.29, 1.82) is 0 Å². The molecule has 1 radical (unpaired) electrons. The molecule has 0 spiro atoms. The molecular formula is C23H33MnP2Si. The van der Waals surface area contributed by atoms with Crippen LogP contribution in [0.25, 0.3) is 0 Å². The third kappa shape index (κ3) is 16.1. The SMILES string of the molecule is CP(C)CCP(C)C.[MnH+].c1cc[cH-]c1.c1ccc([SiH]c2ccccc2)cc1. The summed E-state index contributed by atoms with van der Waals surface area (Å²) in [5.74, 6) is 0. The predicted octanol–water partition coefficient (Wildman–Crippen LogP) is 4.68. The Labute approximate surface area is 182 Å². The molecule has 0 amide bonds.